The zero-order valence-corrected chi connectivity index (χ0v) is 13.8. The third kappa shape index (κ3) is 3.03. The monoisotopic (exact) mass is 310 g/mol. The first-order valence-electron chi connectivity index (χ1n) is 7.97. The maximum Gasteiger partial charge on any atom is 0.170 e. The van der Waals surface area contributed by atoms with Gasteiger partial charge >= 0.3 is 0 Å². The number of aryl methyl sites for hydroxylation is 1. The highest BCUT2D eigenvalue weighted by Gasteiger charge is 2.42. The molecule has 2 N–H and O–H groups in total. The van der Waals surface area contributed by atoms with E-state index in [2.05, 4.69) is 30.2 Å². The van der Waals surface area contributed by atoms with E-state index in [1.165, 1.54) is 10.4 Å². The molecule has 21 heavy (non-hydrogen) atoms. The average Bonchev–Trinajstić information content (AvgIpc) is 3.12. The Balaban J connectivity index is 1.74. The molecule has 3 rings (SSSR count). The van der Waals surface area contributed by atoms with Crippen LogP contribution in [0.5, 0.6) is 0 Å². The smallest absolute Gasteiger partial charge is 0.170 e. The maximum absolute atomic E-state index is 6.46. The van der Waals surface area contributed by atoms with Crippen molar-refractivity contribution in [2.45, 2.75) is 51.0 Å². The molecule has 1 aromatic rings. The molecule has 4 nitrogen and oxygen atoms in total. The van der Waals surface area contributed by atoms with E-state index < -0.39 is 0 Å². The first-order valence-corrected chi connectivity index (χ1v) is 8.85. The number of thiophene rings is 1. The molecule has 0 radical (unpaired) electrons. The molecule has 0 saturated carbocycles. The Morgan fingerprint density at radius 1 is 1.33 bits per heavy atom. The zero-order valence-electron chi connectivity index (χ0n) is 13.0. The van der Waals surface area contributed by atoms with Crippen LogP contribution in [0.1, 0.15) is 42.7 Å². The first-order chi connectivity index (χ1) is 10.2. The van der Waals surface area contributed by atoms with Gasteiger partial charge in [-0.1, -0.05) is 6.92 Å². The van der Waals surface area contributed by atoms with E-state index in [4.69, 9.17) is 15.2 Å². The van der Waals surface area contributed by atoms with E-state index in [1.807, 2.05) is 11.3 Å². The normalized spacial score (nSPS) is 25.3. The van der Waals surface area contributed by atoms with Crippen LogP contribution in [-0.2, 0) is 9.47 Å². The Labute approximate surface area is 131 Å². The van der Waals surface area contributed by atoms with E-state index in [0.717, 1.165) is 45.6 Å². The second-order valence-electron chi connectivity index (χ2n) is 6.13. The summed E-state index contributed by atoms with van der Waals surface area (Å²) in [5.41, 5.74) is 7.82. The van der Waals surface area contributed by atoms with E-state index in [1.54, 1.807) is 0 Å². The van der Waals surface area contributed by atoms with E-state index in [9.17, 15) is 0 Å². The average molecular weight is 310 g/mol. The largest absolute Gasteiger partial charge is 0.347 e. The lowest BCUT2D eigenvalue weighted by Crippen LogP contribution is -2.50. The lowest BCUT2D eigenvalue weighted by atomic mass is 9.95. The van der Waals surface area contributed by atoms with E-state index in [0.29, 0.717) is 6.04 Å². The molecule has 5 heteroatoms. The third-order valence-corrected chi connectivity index (χ3v) is 5.90. The Morgan fingerprint density at radius 3 is 2.52 bits per heavy atom. The van der Waals surface area contributed by atoms with Gasteiger partial charge < -0.3 is 15.2 Å². The van der Waals surface area contributed by atoms with Crippen LogP contribution in [0.3, 0.4) is 0 Å². The van der Waals surface area contributed by atoms with Crippen LogP contribution < -0.4 is 5.73 Å². The highest BCUT2D eigenvalue weighted by Crippen LogP contribution is 2.38. The molecule has 2 atom stereocenters. The molecule has 0 aromatic carbocycles. The van der Waals surface area contributed by atoms with Gasteiger partial charge in [0.1, 0.15) is 0 Å². The van der Waals surface area contributed by atoms with Crippen LogP contribution in [0.25, 0.3) is 0 Å². The fraction of sp³-hybridized carbons (Fsp3) is 0.750. The molecule has 2 aliphatic rings. The topological polar surface area (TPSA) is 47.7 Å². The number of hydrogen-bond donors (Lipinski definition) is 1. The number of ether oxygens (including phenoxy) is 2. The van der Waals surface area contributed by atoms with Crippen LogP contribution in [-0.4, -0.2) is 43.0 Å². The molecule has 0 amide bonds. The molecule has 0 aliphatic carbocycles. The quantitative estimate of drug-likeness (QED) is 0.929. The summed E-state index contributed by atoms with van der Waals surface area (Å²) in [5.74, 6) is -0.304. The van der Waals surface area contributed by atoms with Gasteiger partial charge in [0.05, 0.1) is 19.3 Å². The summed E-state index contributed by atoms with van der Waals surface area (Å²) < 4.78 is 11.7. The molecular formula is C16H26N2O2S. The number of nitrogens with two attached hydrogens (primary N) is 1. The molecule has 2 fully saturated rings. The molecule has 2 saturated heterocycles. The van der Waals surface area contributed by atoms with Crippen molar-refractivity contribution >= 4 is 11.3 Å². The zero-order chi connectivity index (χ0) is 14.9. The van der Waals surface area contributed by atoms with Gasteiger partial charge in [0.2, 0.25) is 0 Å². The van der Waals surface area contributed by atoms with Crippen molar-refractivity contribution in [3.8, 4) is 0 Å². The van der Waals surface area contributed by atoms with Gasteiger partial charge in [-0.2, -0.15) is 0 Å². The van der Waals surface area contributed by atoms with Gasteiger partial charge in [0.25, 0.3) is 0 Å². The summed E-state index contributed by atoms with van der Waals surface area (Å²) in [5, 5.41) is 2.18. The Kier molecular flexibility index (Phi) is 4.66. The van der Waals surface area contributed by atoms with E-state index >= 15 is 0 Å². The van der Waals surface area contributed by atoms with Gasteiger partial charge in [0.15, 0.2) is 5.79 Å². The van der Waals surface area contributed by atoms with Crippen molar-refractivity contribution in [1.29, 1.82) is 0 Å². The van der Waals surface area contributed by atoms with Crippen molar-refractivity contribution in [1.82, 2.24) is 4.90 Å². The molecule has 1 spiro atoms. The predicted molar refractivity (Wildman–Crippen MR) is 85.5 cm³/mol. The fourth-order valence-electron chi connectivity index (χ4n) is 3.47. The summed E-state index contributed by atoms with van der Waals surface area (Å²) in [6.45, 7) is 7.83. The standard InChI is InChI=1S/C16H26N2O2S/c1-3-13(17)14(15-12(2)4-11-21-15)18-7-5-16(6-8-18)19-9-10-20-16/h4,11,13-14H,3,5-10,17H2,1-2H3. The lowest BCUT2D eigenvalue weighted by Gasteiger charge is -2.42. The molecular weight excluding hydrogens is 284 g/mol. The minimum absolute atomic E-state index is 0.182. The molecule has 2 unspecified atom stereocenters. The summed E-state index contributed by atoms with van der Waals surface area (Å²) >= 11 is 1.83. The molecule has 0 bridgehead atoms. The van der Waals surface area contributed by atoms with Crippen molar-refractivity contribution in [2.75, 3.05) is 26.3 Å². The number of nitrogens with zero attached hydrogens (tertiary/aromatic N) is 1. The predicted octanol–water partition coefficient (Wildman–Crippen LogP) is 2.67. The van der Waals surface area contributed by atoms with Crippen molar-refractivity contribution in [3.63, 3.8) is 0 Å². The minimum Gasteiger partial charge on any atom is -0.347 e. The number of likely N-dealkylation sites (tertiary alicyclic amines) is 1. The third-order valence-electron chi connectivity index (χ3n) is 4.81. The van der Waals surface area contributed by atoms with Gasteiger partial charge in [-0.3, -0.25) is 4.90 Å². The number of piperidine rings is 1. The van der Waals surface area contributed by atoms with Gasteiger partial charge in [-0.25, -0.2) is 0 Å². The maximum atomic E-state index is 6.46. The Hall–Kier alpha value is -0.460. The van der Waals surface area contributed by atoms with Gasteiger partial charge in [-0.05, 0) is 30.4 Å². The molecule has 1 aromatic heterocycles. The number of hydrogen-bond acceptors (Lipinski definition) is 5. The van der Waals surface area contributed by atoms with Crippen molar-refractivity contribution in [2.24, 2.45) is 5.73 Å². The minimum atomic E-state index is -0.304. The second kappa shape index (κ2) is 6.34. The van der Waals surface area contributed by atoms with Crippen LogP contribution in [0.15, 0.2) is 11.4 Å². The summed E-state index contributed by atoms with van der Waals surface area (Å²) in [4.78, 5) is 3.96. The molecule has 3 heterocycles. The lowest BCUT2D eigenvalue weighted by molar-refractivity contribution is -0.188. The highest BCUT2D eigenvalue weighted by atomic mass is 32.1. The van der Waals surface area contributed by atoms with Crippen molar-refractivity contribution < 1.29 is 9.47 Å². The Morgan fingerprint density at radius 2 is 2.00 bits per heavy atom. The Bertz CT molecular complexity index is 461. The first kappa shape index (κ1) is 15.4. The van der Waals surface area contributed by atoms with Crippen molar-refractivity contribution in [3.05, 3.63) is 21.9 Å². The number of rotatable bonds is 4. The van der Waals surface area contributed by atoms with Gasteiger partial charge in [-0.15, -0.1) is 11.3 Å². The van der Waals surface area contributed by atoms with Gasteiger partial charge in [0, 0.05) is 36.9 Å². The van der Waals surface area contributed by atoms with Crippen LogP contribution in [0.4, 0.5) is 0 Å². The fourth-order valence-corrected chi connectivity index (χ4v) is 4.61. The summed E-state index contributed by atoms with van der Waals surface area (Å²) in [7, 11) is 0. The summed E-state index contributed by atoms with van der Waals surface area (Å²) in [6.07, 6.45) is 2.89. The molecule has 2 aliphatic heterocycles. The van der Waals surface area contributed by atoms with Crippen LogP contribution in [0.2, 0.25) is 0 Å². The van der Waals surface area contributed by atoms with E-state index in [-0.39, 0.29) is 11.8 Å². The highest BCUT2D eigenvalue weighted by molar-refractivity contribution is 7.10. The SMILES string of the molecule is CCC(N)C(c1sccc1C)N1CCC2(CC1)OCCO2. The molecule has 118 valence electrons. The summed E-state index contributed by atoms with van der Waals surface area (Å²) in [6, 6.07) is 2.71. The van der Waals surface area contributed by atoms with Crippen LogP contribution >= 0.6 is 11.3 Å². The van der Waals surface area contributed by atoms with Crippen LogP contribution in [0, 0.1) is 6.92 Å². The second-order valence-corrected chi connectivity index (χ2v) is 7.08.